The highest BCUT2D eigenvalue weighted by atomic mass is 16.6. The number of ether oxygens (including phenoxy) is 1. The molecule has 0 bridgehead atoms. The van der Waals surface area contributed by atoms with Crippen molar-refractivity contribution in [2.45, 2.75) is 25.3 Å². The molecular weight excluding hydrogens is 208 g/mol. The summed E-state index contributed by atoms with van der Waals surface area (Å²) in [6.07, 6.45) is 5.74. The third kappa shape index (κ3) is 2.75. The quantitative estimate of drug-likeness (QED) is 0.766. The maximum atomic E-state index is 10.5. The maximum absolute atomic E-state index is 10.5. The Morgan fingerprint density at radius 2 is 2.44 bits per heavy atom. The summed E-state index contributed by atoms with van der Waals surface area (Å²) in [5, 5.41) is 0. The molecule has 1 amide bonds. The Balaban J connectivity index is 2.03. The number of hydrogen-bond acceptors (Lipinski definition) is 5. The first-order valence-electron chi connectivity index (χ1n) is 5.07. The maximum Gasteiger partial charge on any atom is 0.412 e. The van der Waals surface area contributed by atoms with E-state index in [9.17, 15) is 4.79 Å². The second kappa shape index (κ2) is 4.69. The van der Waals surface area contributed by atoms with Crippen LogP contribution in [0, 0.1) is 0 Å². The zero-order valence-electron chi connectivity index (χ0n) is 8.67. The zero-order chi connectivity index (χ0) is 11.4. The Morgan fingerprint density at radius 1 is 1.62 bits per heavy atom. The number of aromatic nitrogens is 2. The van der Waals surface area contributed by atoms with E-state index in [1.165, 1.54) is 12.6 Å². The monoisotopic (exact) mass is 220 g/mol. The topological polar surface area (TPSA) is 90.5 Å². The molecule has 0 aromatic carbocycles. The van der Waals surface area contributed by atoms with Gasteiger partial charge in [0.05, 0.1) is 11.7 Å². The highest BCUT2D eigenvalue weighted by Crippen LogP contribution is 2.21. The number of nitrogens with zero attached hydrogens (tertiary/aromatic N) is 3. The number of carbonyl (C=O) groups excluding carboxylic acids is 1. The number of aliphatic imine (C=N–C) groups is 1. The lowest BCUT2D eigenvalue weighted by Gasteiger charge is -2.20. The van der Waals surface area contributed by atoms with Crippen LogP contribution in [0.3, 0.4) is 0 Å². The molecule has 0 spiro atoms. The van der Waals surface area contributed by atoms with Crippen LogP contribution in [-0.4, -0.2) is 28.3 Å². The molecule has 1 aromatic rings. The highest BCUT2D eigenvalue weighted by molar-refractivity contribution is 5.77. The van der Waals surface area contributed by atoms with Crippen molar-refractivity contribution >= 4 is 12.3 Å². The molecule has 0 radical (unpaired) electrons. The zero-order valence-corrected chi connectivity index (χ0v) is 8.67. The first-order valence-corrected chi connectivity index (χ1v) is 5.07. The van der Waals surface area contributed by atoms with E-state index in [1.807, 2.05) is 0 Å². The molecule has 6 nitrogen and oxygen atoms in total. The van der Waals surface area contributed by atoms with Crippen molar-refractivity contribution in [3.63, 3.8) is 0 Å². The minimum absolute atomic E-state index is 0.0509. The van der Waals surface area contributed by atoms with Gasteiger partial charge in [0.2, 0.25) is 0 Å². The fourth-order valence-electron chi connectivity index (χ4n) is 1.28. The van der Waals surface area contributed by atoms with Gasteiger partial charge >= 0.3 is 12.1 Å². The minimum Gasteiger partial charge on any atom is -0.374 e. The van der Waals surface area contributed by atoms with Gasteiger partial charge in [0.25, 0.3) is 0 Å². The number of rotatable bonds is 3. The molecule has 1 fully saturated rings. The van der Waals surface area contributed by atoms with Gasteiger partial charge < -0.3 is 10.5 Å². The predicted molar refractivity (Wildman–Crippen MR) is 57.5 cm³/mol. The standard InChI is InChI=1S/C10H12N4O2/c11-9(15)16-10-12-5-4-8(14-10)6-13-7-2-1-3-7/h4-7H,1-3H2,(H2,11,15). The summed E-state index contributed by atoms with van der Waals surface area (Å²) in [5.41, 5.74) is 5.46. The normalized spacial score (nSPS) is 16.0. The van der Waals surface area contributed by atoms with Crippen molar-refractivity contribution in [1.29, 1.82) is 0 Å². The van der Waals surface area contributed by atoms with Crippen molar-refractivity contribution in [1.82, 2.24) is 9.97 Å². The lowest BCUT2D eigenvalue weighted by Crippen LogP contribution is -2.18. The number of amides is 1. The van der Waals surface area contributed by atoms with Crippen LogP contribution in [0.5, 0.6) is 6.01 Å². The fraction of sp³-hybridized carbons (Fsp3) is 0.400. The van der Waals surface area contributed by atoms with Crippen LogP contribution in [0.4, 0.5) is 4.79 Å². The van der Waals surface area contributed by atoms with Gasteiger partial charge in [0.15, 0.2) is 0 Å². The lowest BCUT2D eigenvalue weighted by atomic mass is 9.94. The summed E-state index contributed by atoms with van der Waals surface area (Å²) < 4.78 is 4.56. The summed E-state index contributed by atoms with van der Waals surface area (Å²) in [5.74, 6) is 0. The molecule has 0 aliphatic heterocycles. The first-order chi connectivity index (χ1) is 7.74. The average Bonchev–Trinajstić information content (AvgIpc) is 2.14. The fourth-order valence-corrected chi connectivity index (χ4v) is 1.28. The van der Waals surface area contributed by atoms with Crippen LogP contribution in [0.2, 0.25) is 0 Å². The number of carbonyl (C=O) groups is 1. The molecule has 84 valence electrons. The van der Waals surface area contributed by atoms with Gasteiger partial charge in [-0.2, -0.15) is 4.98 Å². The van der Waals surface area contributed by atoms with E-state index in [1.54, 1.807) is 12.3 Å². The summed E-state index contributed by atoms with van der Waals surface area (Å²) in [6, 6.07) is 2.05. The van der Waals surface area contributed by atoms with Gasteiger partial charge in [-0.05, 0) is 25.3 Å². The molecule has 0 unspecified atom stereocenters. The van der Waals surface area contributed by atoms with Gasteiger partial charge in [-0.25, -0.2) is 9.78 Å². The summed E-state index contributed by atoms with van der Waals surface area (Å²) in [7, 11) is 0. The van der Waals surface area contributed by atoms with Crippen LogP contribution < -0.4 is 10.5 Å². The molecule has 0 saturated heterocycles. The number of hydrogen-bond donors (Lipinski definition) is 1. The molecule has 16 heavy (non-hydrogen) atoms. The highest BCUT2D eigenvalue weighted by Gasteiger charge is 2.14. The van der Waals surface area contributed by atoms with Crippen LogP contribution in [0.1, 0.15) is 25.0 Å². The van der Waals surface area contributed by atoms with Crippen molar-refractivity contribution in [3.8, 4) is 6.01 Å². The number of nitrogens with two attached hydrogens (primary N) is 1. The van der Waals surface area contributed by atoms with Gasteiger partial charge in [-0.1, -0.05) is 0 Å². The van der Waals surface area contributed by atoms with Crippen LogP contribution >= 0.6 is 0 Å². The number of primary amides is 1. The van der Waals surface area contributed by atoms with E-state index in [-0.39, 0.29) is 6.01 Å². The molecule has 6 heteroatoms. The Hall–Kier alpha value is -1.98. The van der Waals surface area contributed by atoms with E-state index in [0.29, 0.717) is 11.7 Å². The molecule has 1 aliphatic rings. The Bertz CT molecular complexity index is 415. The SMILES string of the molecule is NC(=O)Oc1nccc(C=NC2CCC2)n1. The van der Waals surface area contributed by atoms with Gasteiger partial charge in [0.1, 0.15) is 0 Å². The average molecular weight is 220 g/mol. The molecule has 0 atom stereocenters. The molecule has 1 aliphatic carbocycles. The predicted octanol–water partition coefficient (Wildman–Crippen LogP) is 0.906. The summed E-state index contributed by atoms with van der Waals surface area (Å²) in [4.78, 5) is 22.5. The first kappa shape index (κ1) is 10.5. The van der Waals surface area contributed by atoms with Gasteiger partial charge in [-0.15, -0.1) is 0 Å². The smallest absolute Gasteiger partial charge is 0.374 e. The summed E-state index contributed by atoms with van der Waals surface area (Å²) in [6.45, 7) is 0. The molecule has 2 rings (SSSR count). The molecule has 1 aromatic heterocycles. The minimum atomic E-state index is -0.923. The largest absolute Gasteiger partial charge is 0.412 e. The van der Waals surface area contributed by atoms with E-state index in [0.717, 1.165) is 12.8 Å². The van der Waals surface area contributed by atoms with Crippen LogP contribution in [0.15, 0.2) is 17.3 Å². The van der Waals surface area contributed by atoms with Crippen molar-refractivity contribution in [2.24, 2.45) is 10.7 Å². The van der Waals surface area contributed by atoms with Crippen molar-refractivity contribution in [2.75, 3.05) is 0 Å². The van der Waals surface area contributed by atoms with E-state index < -0.39 is 6.09 Å². The summed E-state index contributed by atoms with van der Waals surface area (Å²) >= 11 is 0. The second-order valence-electron chi connectivity index (χ2n) is 3.55. The Morgan fingerprint density at radius 3 is 3.06 bits per heavy atom. The van der Waals surface area contributed by atoms with E-state index in [2.05, 4.69) is 19.7 Å². The molecular formula is C10H12N4O2. The van der Waals surface area contributed by atoms with Crippen LogP contribution in [-0.2, 0) is 0 Å². The van der Waals surface area contributed by atoms with Gasteiger partial charge in [-0.3, -0.25) is 4.99 Å². The molecule has 1 heterocycles. The lowest BCUT2D eigenvalue weighted by molar-refractivity contribution is 0.207. The van der Waals surface area contributed by atoms with Crippen molar-refractivity contribution in [3.05, 3.63) is 18.0 Å². The van der Waals surface area contributed by atoms with Crippen LogP contribution in [0.25, 0.3) is 0 Å². The third-order valence-corrected chi connectivity index (χ3v) is 2.34. The Kier molecular flexibility index (Phi) is 3.09. The van der Waals surface area contributed by atoms with Crippen molar-refractivity contribution < 1.29 is 9.53 Å². The molecule has 1 saturated carbocycles. The van der Waals surface area contributed by atoms with E-state index in [4.69, 9.17) is 5.73 Å². The molecule has 2 N–H and O–H groups in total. The van der Waals surface area contributed by atoms with E-state index >= 15 is 0 Å². The second-order valence-corrected chi connectivity index (χ2v) is 3.55. The third-order valence-electron chi connectivity index (χ3n) is 2.34. The van der Waals surface area contributed by atoms with Gasteiger partial charge in [0, 0.05) is 12.4 Å². The Labute approximate surface area is 92.6 Å².